The Bertz CT molecular complexity index is 918. The van der Waals surface area contributed by atoms with Crippen LogP contribution >= 0.6 is 22.7 Å². The van der Waals surface area contributed by atoms with Crippen LogP contribution in [0, 0.1) is 0 Å². The molecule has 27 heavy (non-hydrogen) atoms. The summed E-state index contributed by atoms with van der Waals surface area (Å²) in [7, 11) is 1.64. The van der Waals surface area contributed by atoms with Crippen molar-refractivity contribution in [3.05, 3.63) is 40.6 Å². The van der Waals surface area contributed by atoms with Crippen molar-refractivity contribution < 1.29 is 14.3 Å². The van der Waals surface area contributed by atoms with E-state index in [2.05, 4.69) is 22.8 Å². The molecule has 0 unspecified atom stereocenters. The lowest BCUT2D eigenvalue weighted by atomic mass is 10.2. The van der Waals surface area contributed by atoms with Crippen LogP contribution in [-0.4, -0.2) is 31.2 Å². The van der Waals surface area contributed by atoms with E-state index in [1.165, 1.54) is 11.8 Å². The average molecular weight is 403 g/mol. The van der Waals surface area contributed by atoms with E-state index in [1.54, 1.807) is 29.8 Å². The smallest absolute Gasteiger partial charge is 0.216 e. The zero-order chi connectivity index (χ0) is 19.2. The van der Waals surface area contributed by atoms with Gasteiger partial charge in [-0.1, -0.05) is 0 Å². The van der Waals surface area contributed by atoms with Gasteiger partial charge in [0, 0.05) is 29.3 Å². The first-order valence-corrected chi connectivity index (χ1v) is 10.4. The second kappa shape index (κ2) is 9.01. The van der Waals surface area contributed by atoms with Gasteiger partial charge >= 0.3 is 0 Å². The summed E-state index contributed by atoms with van der Waals surface area (Å²) < 4.78 is 11.0. The van der Waals surface area contributed by atoms with Crippen molar-refractivity contribution in [1.29, 1.82) is 0 Å². The lowest BCUT2D eigenvalue weighted by molar-refractivity contribution is -0.118. The van der Waals surface area contributed by atoms with E-state index in [4.69, 9.17) is 14.5 Å². The lowest BCUT2D eigenvalue weighted by Gasteiger charge is -2.09. The highest BCUT2D eigenvalue weighted by molar-refractivity contribution is 7.16. The number of nitrogens with zero attached hydrogens (tertiary/aromatic N) is 1. The fourth-order valence-corrected chi connectivity index (χ4v) is 4.47. The van der Waals surface area contributed by atoms with Crippen molar-refractivity contribution in [3.8, 4) is 32.6 Å². The summed E-state index contributed by atoms with van der Waals surface area (Å²) in [6.07, 6.45) is 0.831. The minimum Gasteiger partial charge on any atom is -0.493 e. The number of rotatable bonds is 8. The molecule has 0 fully saturated rings. The second-order valence-corrected chi connectivity index (χ2v) is 7.86. The molecule has 142 valence electrons. The third-order valence-corrected chi connectivity index (χ3v) is 5.93. The van der Waals surface area contributed by atoms with E-state index >= 15 is 0 Å². The monoisotopic (exact) mass is 402 g/mol. The van der Waals surface area contributed by atoms with Crippen molar-refractivity contribution >= 4 is 28.6 Å². The maximum absolute atomic E-state index is 11.0. The number of aromatic nitrogens is 1. The molecule has 7 heteroatoms. The predicted octanol–water partition coefficient (Wildman–Crippen LogP) is 4.62. The number of ether oxygens (including phenoxy) is 2. The summed E-state index contributed by atoms with van der Waals surface area (Å²) in [5, 5.41) is 5.84. The van der Waals surface area contributed by atoms with E-state index in [1.807, 2.05) is 25.1 Å². The van der Waals surface area contributed by atoms with Crippen molar-refractivity contribution in [2.45, 2.75) is 20.3 Å². The quantitative estimate of drug-likeness (QED) is 0.597. The summed E-state index contributed by atoms with van der Waals surface area (Å²) in [5.74, 6) is 1.45. The fourth-order valence-electron chi connectivity index (χ4n) is 2.61. The number of nitrogens with one attached hydrogen (secondary N) is 1. The van der Waals surface area contributed by atoms with Crippen molar-refractivity contribution in [3.63, 3.8) is 0 Å². The number of amides is 1. The summed E-state index contributed by atoms with van der Waals surface area (Å²) in [5.41, 5.74) is 1.98. The van der Waals surface area contributed by atoms with Gasteiger partial charge in [-0.15, -0.1) is 22.7 Å². The molecule has 0 saturated carbocycles. The van der Waals surface area contributed by atoms with Gasteiger partial charge in [0.05, 0.1) is 24.3 Å². The number of benzene rings is 1. The number of thiophene rings is 1. The van der Waals surface area contributed by atoms with Crippen LogP contribution < -0.4 is 14.8 Å². The molecule has 1 amide bonds. The average Bonchev–Trinajstić information content (AvgIpc) is 3.31. The summed E-state index contributed by atoms with van der Waals surface area (Å²) in [6, 6.07) is 10.1. The van der Waals surface area contributed by atoms with Crippen LogP contribution in [-0.2, 0) is 11.2 Å². The molecule has 0 bridgehead atoms. The van der Waals surface area contributed by atoms with E-state index < -0.39 is 0 Å². The Kier molecular flexibility index (Phi) is 6.47. The van der Waals surface area contributed by atoms with Gasteiger partial charge in [-0.3, -0.25) is 4.79 Å². The number of methoxy groups -OCH3 is 1. The molecule has 0 radical (unpaired) electrons. The van der Waals surface area contributed by atoms with Gasteiger partial charge in [-0.25, -0.2) is 4.98 Å². The standard InChI is InChI=1S/C20H22N2O3S2/c1-4-25-17-7-5-14(11-18(17)24-3)20-22-16(12-26-20)19-8-6-15(27-19)9-10-21-13(2)23/h5-8,11-12H,4,9-10H2,1-3H3,(H,21,23). The van der Waals surface area contributed by atoms with Crippen LogP contribution in [0.2, 0.25) is 0 Å². The number of hydrogen-bond donors (Lipinski definition) is 1. The maximum Gasteiger partial charge on any atom is 0.216 e. The predicted molar refractivity (Wildman–Crippen MR) is 111 cm³/mol. The SMILES string of the molecule is CCOc1ccc(-c2nc(-c3ccc(CCNC(C)=O)s3)cs2)cc1OC. The third-order valence-electron chi connectivity index (χ3n) is 3.87. The minimum atomic E-state index is 0.00158. The van der Waals surface area contributed by atoms with Crippen LogP contribution in [0.5, 0.6) is 11.5 Å². The van der Waals surface area contributed by atoms with Gasteiger partial charge < -0.3 is 14.8 Å². The molecule has 0 atom stereocenters. The van der Waals surface area contributed by atoms with Gasteiger partial charge in [0.2, 0.25) is 5.91 Å². The summed E-state index contributed by atoms with van der Waals surface area (Å²) in [6.45, 7) is 4.74. The van der Waals surface area contributed by atoms with Gasteiger partial charge in [0.15, 0.2) is 11.5 Å². The van der Waals surface area contributed by atoms with E-state index in [9.17, 15) is 4.79 Å². The van der Waals surface area contributed by atoms with Gasteiger partial charge in [0.25, 0.3) is 0 Å². The van der Waals surface area contributed by atoms with Crippen LogP contribution in [0.4, 0.5) is 0 Å². The molecule has 2 heterocycles. The highest BCUT2D eigenvalue weighted by Crippen LogP contribution is 2.36. The molecular weight excluding hydrogens is 380 g/mol. The number of thiazole rings is 1. The largest absolute Gasteiger partial charge is 0.493 e. The zero-order valence-corrected chi connectivity index (χ0v) is 17.2. The Hall–Kier alpha value is -2.38. The highest BCUT2D eigenvalue weighted by Gasteiger charge is 2.12. The Morgan fingerprint density at radius 1 is 1.22 bits per heavy atom. The first kappa shape index (κ1) is 19.4. The van der Waals surface area contributed by atoms with Gasteiger partial charge in [0.1, 0.15) is 5.01 Å². The fraction of sp³-hybridized carbons (Fsp3) is 0.300. The maximum atomic E-state index is 11.0. The molecule has 5 nitrogen and oxygen atoms in total. The van der Waals surface area contributed by atoms with E-state index in [-0.39, 0.29) is 5.91 Å². The molecule has 2 aromatic heterocycles. The molecule has 1 aromatic carbocycles. The molecule has 0 spiro atoms. The highest BCUT2D eigenvalue weighted by atomic mass is 32.1. The number of carbonyl (C=O) groups excluding carboxylic acids is 1. The molecule has 3 rings (SSSR count). The Balaban J connectivity index is 1.75. The van der Waals surface area contributed by atoms with Crippen molar-refractivity contribution in [2.75, 3.05) is 20.3 Å². The van der Waals surface area contributed by atoms with Crippen LogP contribution in [0.1, 0.15) is 18.7 Å². The first-order chi connectivity index (χ1) is 13.1. The summed E-state index contributed by atoms with van der Waals surface area (Å²) in [4.78, 5) is 18.1. The molecule has 1 N–H and O–H groups in total. The minimum absolute atomic E-state index is 0.00158. The number of carbonyl (C=O) groups is 1. The number of hydrogen-bond acceptors (Lipinski definition) is 6. The van der Waals surface area contributed by atoms with E-state index in [0.29, 0.717) is 18.9 Å². The zero-order valence-electron chi connectivity index (χ0n) is 15.6. The van der Waals surface area contributed by atoms with Crippen molar-refractivity contribution in [1.82, 2.24) is 10.3 Å². The third kappa shape index (κ3) is 4.87. The topological polar surface area (TPSA) is 60.5 Å². The molecule has 0 aliphatic heterocycles. The summed E-state index contributed by atoms with van der Waals surface area (Å²) >= 11 is 3.32. The molecule has 0 saturated heterocycles. The normalized spacial score (nSPS) is 10.6. The molecular formula is C20H22N2O3S2. The second-order valence-electron chi connectivity index (χ2n) is 5.84. The molecule has 0 aliphatic rings. The molecule has 3 aromatic rings. The van der Waals surface area contributed by atoms with Gasteiger partial charge in [-0.2, -0.15) is 0 Å². The van der Waals surface area contributed by atoms with Crippen LogP contribution in [0.3, 0.4) is 0 Å². The van der Waals surface area contributed by atoms with Crippen LogP contribution in [0.15, 0.2) is 35.7 Å². The molecule has 0 aliphatic carbocycles. The Labute approximate surface area is 167 Å². The van der Waals surface area contributed by atoms with Crippen LogP contribution in [0.25, 0.3) is 21.1 Å². The van der Waals surface area contributed by atoms with Crippen molar-refractivity contribution in [2.24, 2.45) is 0 Å². The van der Waals surface area contributed by atoms with E-state index in [0.717, 1.165) is 33.3 Å². The van der Waals surface area contributed by atoms with Gasteiger partial charge in [-0.05, 0) is 43.7 Å². The first-order valence-electron chi connectivity index (χ1n) is 8.71. The lowest BCUT2D eigenvalue weighted by Crippen LogP contribution is -2.21. The Morgan fingerprint density at radius 3 is 2.81 bits per heavy atom. The Morgan fingerprint density at radius 2 is 2.07 bits per heavy atom.